The molecular formula is C12H15NO2. The highest BCUT2D eigenvalue weighted by Crippen LogP contribution is 2.35. The maximum atomic E-state index is 5.80. The molecule has 2 unspecified atom stereocenters. The summed E-state index contributed by atoms with van der Waals surface area (Å²) in [6.45, 7) is 2.73. The predicted octanol–water partition coefficient (Wildman–Crippen LogP) is 1.28. The summed E-state index contributed by atoms with van der Waals surface area (Å²) in [6.07, 6.45) is 0.351. The van der Waals surface area contributed by atoms with Gasteiger partial charge in [-0.1, -0.05) is 6.07 Å². The lowest BCUT2D eigenvalue weighted by Crippen LogP contribution is -2.26. The fourth-order valence-corrected chi connectivity index (χ4v) is 2.51. The second-order valence-electron chi connectivity index (χ2n) is 4.18. The third kappa shape index (κ3) is 1.43. The molecule has 80 valence electrons. The Hall–Kier alpha value is -1.06. The Morgan fingerprint density at radius 2 is 2.33 bits per heavy atom. The van der Waals surface area contributed by atoms with Crippen LogP contribution in [0.15, 0.2) is 18.2 Å². The van der Waals surface area contributed by atoms with Gasteiger partial charge in [0.2, 0.25) is 0 Å². The third-order valence-electron chi connectivity index (χ3n) is 3.36. The van der Waals surface area contributed by atoms with Gasteiger partial charge in [-0.15, -0.1) is 0 Å². The van der Waals surface area contributed by atoms with Crippen LogP contribution < -0.4 is 10.1 Å². The second-order valence-corrected chi connectivity index (χ2v) is 4.18. The predicted molar refractivity (Wildman–Crippen MR) is 57.2 cm³/mol. The zero-order valence-electron chi connectivity index (χ0n) is 8.82. The molecule has 1 aromatic carbocycles. The van der Waals surface area contributed by atoms with Crippen LogP contribution in [-0.2, 0) is 11.3 Å². The van der Waals surface area contributed by atoms with Gasteiger partial charge in [0.25, 0.3) is 0 Å². The van der Waals surface area contributed by atoms with E-state index in [-0.39, 0.29) is 0 Å². The highest BCUT2D eigenvalue weighted by Gasteiger charge is 2.34. The fourth-order valence-electron chi connectivity index (χ4n) is 2.51. The molecule has 2 atom stereocenters. The molecule has 0 spiro atoms. The van der Waals surface area contributed by atoms with E-state index >= 15 is 0 Å². The van der Waals surface area contributed by atoms with Crippen molar-refractivity contribution in [2.45, 2.75) is 18.6 Å². The molecule has 1 saturated heterocycles. The molecule has 2 heterocycles. The van der Waals surface area contributed by atoms with E-state index in [9.17, 15) is 0 Å². The van der Waals surface area contributed by atoms with Gasteiger partial charge in [-0.2, -0.15) is 0 Å². The van der Waals surface area contributed by atoms with Crippen LogP contribution in [0.2, 0.25) is 0 Å². The normalized spacial score (nSPS) is 28.3. The Balaban J connectivity index is 2.03. The Kier molecular flexibility index (Phi) is 2.15. The zero-order chi connectivity index (χ0) is 10.3. The number of rotatable bonds is 1. The first-order valence-corrected chi connectivity index (χ1v) is 5.37. The molecule has 1 aromatic rings. The van der Waals surface area contributed by atoms with Crippen molar-refractivity contribution in [3.05, 3.63) is 29.3 Å². The van der Waals surface area contributed by atoms with E-state index in [4.69, 9.17) is 9.47 Å². The lowest BCUT2D eigenvalue weighted by molar-refractivity contribution is 0.0298. The number of methoxy groups -OCH3 is 1. The maximum Gasteiger partial charge on any atom is 0.119 e. The summed E-state index contributed by atoms with van der Waals surface area (Å²) in [5, 5.41) is 3.38. The van der Waals surface area contributed by atoms with Crippen LogP contribution in [0, 0.1) is 0 Å². The first kappa shape index (κ1) is 9.19. The molecule has 1 fully saturated rings. The van der Waals surface area contributed by atoms with Crippen LogP contribution in [-0.4, -0.2) is 26.3 Å². The van der Waals surface area contributed by atoms with Crippen molar-refractivity contribution in [2.24, 2.45) is 0 Å². The van der Waals surface area contributed by atoms with Crippen LogP contribution in [0.3, 0.4) is 0 Å². The fraction of sp³-hybridized carbons (Fsp3) is 0.500. The molecule has 3 nitrogen and oxygen atoms in total. The van der Waals surface area contributed by atoms with Gasteiger partial charge in [0.05, 0.1) is 19.8 Å². The van der Waals surface area contributed by atoms with Crippen LogP contribution in [0.25, 0.3) is 0 Å². The zero-order valence-corrected chi connectivity index (χ0v) is 8.82. The molecule has 0 bridgehead atoms. The van der Waals surface area contributed by atoms with E-state index < -0.39 is 0 Å². The Bertz CT molecular complexity index is 378. The van der Waals surface area contributed by atoms with E-state index in [1.807, 2.05) is 6.07 Å². The minimum atomic E-state index is 0.351. The number of fused-ring (bicyclic) bond motifs is 3. The van der Waals surface area contributed by atoms with Crippen molar-refractivity contribution < 1.29 is 9.47 Å². The van der Waals surface area contributed by atoms with Gasteiger partial charge in [0.1, 0.15) is 5.75 Å². The highest BCUT2D eigenvalue weighted by molar-refractivity contribution is 5.40. The lowest BCUT2D eigenvalue weighted by atomic mass is 9.89. The number of hydrogen-bond acceptors (Lipinski definition) is 3. The van der Waals surface area contributed by atoms with Gasteiger partial charge in [-0.3, -0.25) is 0 Å². The Morgan fingerprint density at radius 1 is 1.40 bits per heavy atom. The number of hydrogen-bond donors (Lipinski definition) is 1. The summed E-state index contributed by atoms with van der Waals surface area (Å²) in [6, 6.07) is 6.27. The van der Waals surface area contributed by atoms with Crippen LogP contribution in [0.4, 0.5) is 0 Å². The third-order valence-corrected chi connectivity index (χ3v) is 3.36. The summed E-state index contributed by atoms with van der Waals surface area (Å²) >= 11 is 0. The van der Waals surface area contributed by atoms with Crippen LogP contribution in [0.1, 0.15) is 17.0 Å². The molecule has 0 aromatic heterocycles. The van der Waals surface area contributed by atoms with Gasteiger partial charge < -0.3 is 14.8 Å². The van der Waals surface area contributed by atoms with Crippen molar-refractivity contribution >= 4 is 0 Å². The molecule has 0 amide bonds. The van der Waals surface area contributed by atoms with Gasteiger partial charge in [-0.25, -0.2) is 0 Å². The van der Waals surface area contributed by atoms with E-state index in [1.54, 1.807) is 7.11 Å². The van der Waals surface area contributed by atoms with Crippen molar-refractivity contribution in [3.8, 4) is 5.75 Å². The molecular weight excluding hydrogens is 190 g/mol. The second kappa shape index (κ2) is 3.51. The first-order chi connectivity index (χ1) is 7.38. The number of ether oxygens (including phenoxy) is 2. The van der Waals surface area contributed by atoms with Gasteiger partial charge >= 0.3 is 0 Å². The molecule has 3 rings (SSSR count). The van der Waals surface area contributed by atoms with Crippen LogP contribution in [0.5, 0.6) is 5.75 Å². The van der Waals surface area contributed by atoms with Crippen molar-refractivity contribution in [1.82, 2.24) is 5.32 Å². The van der Waals surface area contributed by atoms with Crippen molar-refractivity contribution in [3.63, 3.8) is 0 Å². The monoisotopic (exact) mass is 205 g/mol. The van der Waals surface area contributed by atoms with E-state index in [0.29, 0.717) is 12.0 Å². The molecule has 0 radical (unpaired) electrons. The average Bonchev–Trinajstić information content (AvgIpc) is 2.76. The van der Waals surface area contributed by atoms with E-state index in [1.165, 1.54) is 11.1 Å². The van der Waals surface area contributed by atoms with Crippen LogP contribution >= 0.6 is 0 Å². The first-order valence-electron chi connectivity index (χ1n) is 5.37. The Morgan fingerprint density at radius 3 is 3.20 bits per heavy atom. The SMILES string of the molecule is COc1ccc2c(c1)C1CNCC1OC2. The molecule has 3 heteroatoms. The molecule has 0 saturated carbocycles. The average molecular weight is 205 g/mol. The minimum absolute atomic E-state index is 0.351. The maximum absolute atomic E-state index is 5.80. The number of nitrogens with one attached hydrogen (secondary N) is 1. The van der Waals surface area contributed by atoms with Gasteiger partial charge in [0, 0.05) is 19.0 Å². The lowest BCUT2D eigenvalue weighted by Gasteiger charge is -2.28. The molecule has 0 aliphatic carbocycles. The standard InChI is InChI=1S/C12H15NO2/c1-14-9-3-2-8-7-15-12-6-13-5-11(12)10(8)4-9/h2-4,11-13H,5-7H2,1H3. The summed E-state index contributed by atoms with van der Waals surface area (Å²) in [7, 11) is 1.71. The Labute approximate surface area is 89.4 Å². The van der Waals surface area contributed by atoms with Gasteiger partial charge in [0.15, 0.2) is 0 Å². The highest BCUT2D eigenvalue weighted by atomic mass is 16.5. The van der Waals surface area contributed by atoms with Crippen molar-refractivity contribution in [2.75, 3.05) is 20.2 Å². The topological polar surface area (TPSA) is 30.5 Å². The summed E-state index contributed by atoms with van der Waals surface area (Å²) in [4.78, 5) is 0. The molecule has 2 aliphatic heterocycles. The molecule has 2 aliphatic rings. The summed E-state index contributed by atoms with van der Waals surface area (Å²) in [5.74, 6) is 1.45. The summed E-state index contributed by atoms with van der Waals surface area (Å²) in [5.41, 5.74) is 2.70. The van der Waals surface area contributed by atoms with E-state index in [0.717, 1.165) is 25.4 Å². The van der Waals surface area contributed by atoms with Crippen molar-refractivity contribution in [1.29, 1.82) is 0 Å². The van der Waals surface area contributed by atoms with Gasteiger partial charge in [-0.05, 0) is 23.3 Å². The minimum Gasteiger partial charge on any atom is -0.497 e. The smallest absolute Gasteiger partial charge is 0.119 e. The largest absolute Gasteiger partial charge is 0.497 e. The quantitative estimate of drug-likeness (QED) is 0.749. The molecule has 1 N–H and O–H groups in total. The molecule has 15 heavy (non-hydrogen) atoms. The summed E-state index contributed by atoms with van der Waals surface area (Å²) < 4.78 is 11.1. The van der Waals surface area contributed by atoms with E-state index in [2.05, 4.69) is 17.4 Å². The number of benzene rings is 1.